The molecule has 1 N–H and O–H groups in total. The summed E-state index contributed by atoms with van der Waals surface area (Å²) in [6.45, 7) is 2.90. The summed E-state index contributed by atoms with van der Waals surface area (Å²) in [5, 5.41) is 12.2. The Morgan fingerprint density at radius 1 is 0.972 bits per heavy atom. The van der Waals surface area contributed by atoms with Gasteiger partial charge in [0.15, 0.2) is 4.34 Å². The number of benzene rings is 2. The number of carbonyl (C=O) groups is 3. The van der Waals surface area contributed by atoms with Gasteiger partial charge in [0.05, 0.1) is 11.7 Å². The number of amides is 3. The van der Waals surface area contributed by atoms with Crippen LogP contribution in [0.5, 0.6) is 0 Å². The number of carbonyl (C=O) groups excluding carboxylic acids is 3. The Hall–Kier alpha value is -3.44. The molecule has 0 saturated carbocycles. The molecule has 9 nitrogen and oxygen atoms in total. The van der Waals surface area contributed by atoms with Gasteiger partial charge in [-0.3, -0.25) is 14.4 Å². The molecule has 186 valence electrons. The van der Waals surface area contributed by atoms with E-state index in [1.807, 2.05) is 65.6 Å². The maximum atomic E-state index is 13.1. The predicted molar refractivity (Wildman–Crippen MR) is 141 cm³/mol. The lowest BCUT2D eigenvalue weighted by molar-refractivity contribution is -0.136. The Morgan fingerprint density at radius 2 is 1.67 bits per heavy atom. The lowest BCUT2D eigenvalue weighted by atomic mass is 10.1. The van der Waals surface area contributed by atoms with Crippen molar-refractivity contribution in [1.82, 2.24) is 15.1 Å². The standard InChI is InChI=1S/C25H26N6O3S2/c32-21(26-19-7-3-1-4-8-19)17-35-25-28-27-24(36-25)30-13-11-29(12-14-30)23(34)18-15-22(33)31(16-18)20-9-5-2-6-10-20/h1-10,18H,11-17H2,(H,26,32). The molecule has 0 radical (unpaired) electrons. The highest BCUT2D eigenvalue weighted by atomic mass is 32.2. The van der Waals surface area contributed by atoms with Crippen molar-refractivity contribution in [2.24, 2.45) is 5.92 Å². The van der Waals surface area contributed by atoms with Crippen molar-refractivity contribution in [3.05, 3.63) is 60.7 Å². The number of hydrogen-bond acceptors (Lipinski definition) is 8. The fourth-order valence-corrected chi connectivity index (χ4v) is 6.03. The summed E-state index contributed by atoms with van der Waals surface area (Å²) in [6, 6.07) is 18.8. The highest BCUT2D eigenvalue weighted by Crippen LogP contribution is 2.30. The van der Waals surface area contributed by atoms with Crippen LogP contribution in [0, 0.1) is 5.92 Å². The molecule has 1 aromatic heterocycles. The summed E-state index contributed by atoms with van der Waals surface area (Å²) in [4.78, 5) is 43.5. The highest BCUT2D eigenvalue weighted by molar-refractivity contribution is 8.01. The van der Waals surface area contributed by atoms with Crippen LogP contribution in [0.2, 0.25) is 0 Å². The van der Waals surface area contributed by atoms with Gasteiger partial charge in [0, 0.05) is 50.5 Å². The van der Waals surface area contributed by atoms with Crippen molar-refractivity contribution in [1.29, 1.82) is 0 Å². The number of rotatable bonds is 7. The van der Waals surface area contributed by atoms with Gasteiger partial charge in [0.1, 0.15) is 0 Å². The second-order valence-electron chi connectivity index (χ2n) is 8.61. The molecule has 2 fully saturated rings. The predicted octanol–water partition coefficient (Wildman–Crippen LogP) is 2.97. The first kappa shape index (κ1) is 24.3. The zero-order valence-electron chi connectivity index (χ0n) is 19.6. The van der Waals surface area contributed by atoms with Gasteiger partial charge >= 0.3 is 0 Å². The van der Waals surface area contributed by atoms with Gasteiger partial charge in [-0.15, -0.1) is 10.2 Å². The van der Waals surface area contributed by atoms with Gasteiger partial charge in [0.25, 0.3) is 0 Å². The second-order valence-corrected chi connectivity index (χ2v) is 10.8. The first-order chi connectivity index (χ1) is 17.6. The van der Waals surface area contributed by atoms with E-state index in [-0.39, 0.29) is 35.8 Å². The smallest absolute Gasteiger partial charge is 0.234 e. The molecular weight excluding hydrogens is 496 g/mol. The summed E-state index contributed by atoms with van der Waals surface area (Å²) >= 11 is 2.81. The van der Waals surface area contributed by atoms with Gasteiger partial charge < -0.3 is 20.0 Å². The van der Waals surface area contributed by atoms with Crippen LogP contribution in [0.3, 0.4) is 0 Å². The third-order valence-corrected chi connectivity index (χ3v) is 8.30. The summed E-state index contributed by atoms with van der Waals surface area (Å²) in [5.74, 6) is -0.109. The van der Waals surface area contributed by atoms with Gasteiger partial charge in [-0.25, -0.2) is 0 Å². The number of aromatic nitrogens is 2. The molecular formula is C25H26N6O3S2. The fourth-order valence-electron chi connectivity index (χ4n) is 4.34. The molecule has 2 aliphatic rings. The molecule has 0 spiro atoms. The van der Waals surface area contributed by atoms with Crippen LogP contribution in [0.1, 0.15) is 6.42 Å². The molecule has 0 bridgehead atoms. The van der Waals surface area contributed by atoms with Crippen LogP contribution < -0.4 is 15.1 Å². The van der Waals surface area contributed by atoms with Crippen molar-refractivity contribution >= 4 is 57.3 Å². The second kappa shape index (κ2) is 11.1. The monoisotopic (exact) mass is 522 g/mol. The number of nitrogens with zero attached hydrogens (tertiary/aromatic N) is 5. The van der Waals surface area contributed by atoms with Gasteiger partial charge in [0.2, 0.25) is 22.9 Å². The van der Waals surface area contributed by atoms with Crippen molar-refractivity contribution in [2.45, 2.75) is 10.8 Å². The molecule has 3 aromatic rings. The number of para-hydroxylation sites is 2. The number of anilines is 3. The molecule has 1 unspecified atom stereocenters. The summed E-state index contributed by atoms with van der Waals surface area (Å²) in [6.07, 6.45) is 0.253. The first-order valence-electron chi connectivity index (χ1n) is 11.8. The first-order valence-corrected chi connectivity index (χ1v) is 13.6. The topological polar surface area (TPSA) is 98.7 Å². The molecule has 1 atom stereocenters. The van der Waals surface area contributed by atoms with Crippen LogP contribution in [0.15, 0.2) is 65.0 Å². The van der Waals surface area contributed by atoms with Crippen molar-refractivity contribution in [2.75, 3.05) is 53.6 Å². The van der Waals surface area contributed by atoms with Crippen molar-refractivity contribution < 1.29 is 14.4 Å². The van der Waals surface area contributed by atoms with Crippen LogP contribution in [0.25, 0.3) is 0 Å². The lowest BCUT2D eigenvalue weighted by Crippen LogP contribution is -2.50. The molecule has 2 aliphatic heterocycles. The van der Waals surface area contributed by atoms with E-state index >= 15 is 0 Å². The quantitative estimate of drug-likeness (QED) is 0.477. The average molecular weight is 523 g/mol. The molecule has 3 amide bonds. The van der Waals surface area contributed by atoms with E-state index in [1.54, 1.807) is 4.90 Å². The molecule has 0 aliphatic carbocycles. The largest absolute Gasteiger partial charge is 0.343 e. The Balaban J connectivity index is 1.09. The lowest BCUT2D eigenvalue weighted by Gasteiger charge is -2.35. The van der Waals surface area contributed by atoms with Crippen LogP contribution in [-0.4, -0.2) is 71.3 Å². The van der Waals surface area contributed by atoms with Crippen LogP contribution in [-0.2, 0) is 14.4 Å². The van der Waals surface area contributed by atoms with E-state index in [4.69, 9.17) is 0 Å². The van der Waals surface area contributed by atoms with E-state index in [0.29, 0.717) is 32.7 Å². The third-order valence-electron chi connectivity index (χ3n) is 6.18. The van der Waals surface area contributed by atoms with E-state index in [0.717, 1.165) is 20.8 Å². The number of piperazine rings is 1. The van der Waals surface area contributed by atoms with Crippen molar-refractivity contribution in [3.8, 4) is 0 Å². The Kier molecular flexibility index (Phi) is 7.47. The Morgan fingerprint density at radius 3 is 2.39 bits per heavy atom. The van der Waals surface area contributed by atoms with Gasteiger partial charge in [-0.1, -0.05) is 59.5 Å². The van der Waals surface area contributed by atoms with Crippen molar-refractivity contribution in [3.63, 3.8) is 0 Å². The van der Waals surface area contributed by atoms with Gasteiger partial charge in [-0.05, 0) is 24.3 Å². The maximum Gasteiger partial charge on any atom is 0.234 e. The summed E-state index contributed by atoms with van der Waals surface area (Å²) in [7, 11) is 0. The molecule has 5 rings (SSSR count). The highest BCUT2D eigenvalue weighted by Gasteiger charge is 2.38. The Labute approximate surface area is 217 Å². The van der Waals surface area contributed by atoms with E-state index in [1.165, 1.54) is 23.1 Å². The zero-order valence-corrected chi connectivity index (χ0v) is 21.2. The minimum Gasteiger partial charge on any atom is -0.343 e. The van der Waals surface area contributed by atoms with Crippen LogP contribution >= 0.6 is 23.1 Å². The fraction of sp³-hybridized carbons (Fsp3) is 0.320. The minimum absolute atomic E-state index is 0.00507. The summed E-state index contributed by atoms with van der Waals surface area (Å²) < 4.78 is 0.734. The third kappa shape index (κ3) is 5.68. The summed E-state index contributed by atoms with van der Waals surface area (Å²) in [5.41, 5.74) is 1.60. The average Bonchev–Trinajstić information content (AvgIpc) is 3.55. The molecule has 2 aromatic carbocycles. The molecule has 2 saturated heterocycles. The number of thioether (sulfide) groups is 1. The molecule has 3 heterocycles. The molecule has 11 heteroatoms. The minimum atomic E-state index is -0.309. The number of hydrogen-bond donors (Lipinski definition) is 1. The zero-order chi connectivity index (χ0) is 24.9. The van der Waals surface area contributed by atoms with Gasteiger partial charge in [-0.2, -0.15) is 0 Å². The SMILES string of the molecule is O=C(CSc1nnc(N2CCN(C(=O)C3CC(=O)N(c4ccccc4)C3)CC2)s1)Nc1ccccc1. The maximum absolute atomic E-state index is 13.1. The normalized spacial score (nSPS) is 17.9. The van der Waals surface area contributed by atoms with E-state index < -0.39 is 0 Å². The molecule has 36 heavy (non-hydrogen) atoms. The Bertz CT molecular complexity index is 1210. The van der Waals surface area contributed by atoms with E-state index in [2.05, 4.69) is 20.4 Å². The van der Waals surface area contributed by atoms with Crippen LogP contribution in [0.4, 0.5) is 16.5 Å². The van der Waals surface area contributed by atoms with E-state index in [9.17, 15) is 14.4 Å². The number of nitrogens with one attached hydrogen (secondary N) is 1.